The number of nitrogens with one attached hydrogen (secondary N) is 1. The molecule has 1 aliphatic heterocycles. The third-order valence-electron chi connectivity index (χ3n) is 6.09. The highest BCUT2D eigenvalue weighted by atomic mass is 32.2. The summed E-state index contributed by atoms with van der Waals surface area (Å²) in [7, 11) is 0. The largest absolute Gasteiger partial charge is 0.477 e. The average Bonchev–Trinajstić information content (AvgIpc) is 3.61. The van der Waals surface area contributed by atoms with Gasteiger partial charge in [-0.2, -0.15) is 0 Å². The SMILES string of the molecule is O=C(NCc1ccc(OCC2CC2)nc1)c1ccccc1SCC(=O)N1CCc2ccccc21. The van der Waals surface area contributed by atoms with E-state index in [1.165, 1.54) is 30.2 Å². The molecule has 0 spiro atoms. The number of hydrogen-bond donors (Lipinski definition) is 1. The Morgan fingerprint density at radius 1 is 1.06 bits per heavy atom. The van der Waals surface area contributed by atoms with Crippen molar-refractivity contribution in [3.8, 4) is 5.88 Å². The highest BCUT2D eigenvalue weighted by Crippen LogP contribution is 2.30. The van der Waals surface area contributed by atoms with E-state index in [2.05, 4.69) is 16.4 Å². The van der Waals surface area contributed by atoms with Gasteiger partial charge in [0.15, 0.2) is 0 Å². The molecule has 1 aliphatic carbocycles. The molecule has 174 valence electrons. The Bertz CT molecular complexity index is 1180. The molecule has 2 amide bonds. The van der Waals surface area contributed by atoms with Crippen LogP contribution < -0.4 is 15.0 Å². The summed E-state index contributed by atoms with van der Waals surface area (Å²) in [6, 6.07) is 19.2. The van der Waals surface area contributed by atoms with Crippen LogP contribution in [0.4, 0.5) is 5.69 Å². The highest BCUT2D eigenvalue weighted by Gasteiger charge is 2.24. The van der Waals surface area contributed by atoms with Gasteiger partial charge < -0.3 is 15.0 Å². The van der Waals surface area contributed by atoms with Crippen LogP contribution in [0.25, 0.3) is 0 Å². The predicted octanol–water partition coefficient (Wildman–Crippen LogP) is 4.48. The zero-order valence-electron chi connectivity index (χ0n) is 18.9. The number of nitrogens with zero attached hydrogens (tertiary/aromatic N) is 2. The first-order valence-corrected chi connectivity index (χ1v) is 12.6. The molecule has 1 fully saturated rings. The Kier molecular flexibility index (Phi) is 6.81. The Morgan fingerprint density at radius 2 is 1.88 bits per heavy atom. The Morgan fingerprint density at radius 3 is 2.71 bits per heavy atom. The Hall–Kier alpha value is -3.32. The standard InChI is InChI=1S/C27H27N3O3S/c31-26(30-14-13-21-5-1-3-7-23(21)30)18-34-24-8-4-2-6-22(24)27(32)29-16-20-11-12-25(28-15-20)33-17-19-9-10-19/h1-8,11-12,15,19H,9-10,13-14,16-18H2,(H,29,32). The third kappa shape index (κ3) is 5.42. The molecule has 2 aliphatic rings. The van der Waals surface area contributed by atoms with Crippen molar-refractivity contribution in [2.75, 3.05) is 23.8 Å². The van der Waals surface area contributed by atoms with Crippen LogP contribution in [0, 0.1) is 5.92 Å². The van der Waals surface area contributed by atoms with Crippen molar-refractivity contribution in [2.45, 2.75) is 30.7 Å². The molecule has 0 radical (unpaired) electrons. The highest BCUT2D eigenvalue weighted by molar-refractivity contribution is 8.00. The van der Waals surface area contributed by atoms with E-state index < -0.39 is 0 Å². The first-order chi connectivity index (χ1) is 16.7. The number of ether oxygens (including phenoxy) is 1. The monoisotopic (exact) mass is 473 g/mol. The van der Waals surface area contributed by atoms with Gasteiger partial charge in [-0.3, -0.25) is 9.59 Å². The van der Waals surface area contributed by atoms with Gasteiger partial charge in [0.05, 0.1) is 17.9 Å². The summed E-state index contributed by atoms with van der Waals surface area (Å²) in [4.78, 5) is 32.7. The van der Waals surface area contributed by atoms with Gasteiger partial charge in [0, 0.05) is 35.9 Å². The van der Waals surface area contributed by atoms with E-state index in [1.54, 1.807) is 12.3 Å². The number of amides is 2. The molecule has 2 aromatic carbocycles. The van der Waals surface area contributed by atoms with Gasteiger partial charge in [0.1, 0.15) is 0 Å². The Labute approximate surface area is 203 Å². The first-order valence-electron chi connectivity index (χ1n) is 11.6. The van der Waals surface area contributed by atoms with Crippen molar-refractivity contribution < 1.29 is 14.3 Å². The molecule has 0 bridgehead atoms. The lowest BCUT2D eigenvalue weighted by Gasteiger charge is -2.17. The average molecular weight is 474 g/mol. The number of thioether (sulfide) groups is 1. The summed E-state index contributed by atoms with van der Waals surface area (Å²) in [5, 5.41) is 2.96. The number of carbonyl (C=O) groups excluding carboxylic acids is 2. The minimum absolute atomic E-state index is 0.0558. The van der Waals surface area contributed by atoms with Crippen molar-refractivity contribution in [3.05, 3.63) is 83.6 Å². The second-order valence-electron chi connectivity index (χ2n) is 8.65. The zero-order chi connectivity index (χ0) is 23.3. The van der Waals surface area contributed by atoms with Gasteiger partial charge in [-0.05, 0) is 54.5 Å². The number of aromatic nitrogens is 1. The molecule has 6 nitrogen and oxygen atoms in total. The van der Waals surface area contributed by atoms with Crippen LogP contribution in [0.1, 0.15) is 34.3 Å². The van der Waals surface area contributed by atoms with Crippen molar-refractivity contribution in [2.24, 2.45) is 5.92 Å². The molecule has 2 heterocycles. The number of pyridine rings is 1. The molecule has 3 aromatic rings. The molecule has 34 heavy (non-hydrogen) atoms. The molecule has 1 saturated carbocycles. The summed E-state index contributed by atoms with van der Waals surface area (Å²) in [5.74, 6) is 1.47. The number of rotatable bonds is 9. The fourth-order valence-corrected chi connectivity index (χ4v) is 4.89. The van der Waals surface area contributed by atoms with Crippen LogP contribution in [0.2, 0.25) is 0 Å². The lowest BCUT2D eigenvalue weighted by molar-refractivity contribution is -0.116. The van der Waals surface area contributed by atoms with Crippen LogP contribution in [0.15, 0.2) is 71.8 Å². The van der Waals surface area contributed by atoms with Gasteiger partial charge in [-0.1, -0.05) is 36.4 Å². The molecule has 1 aromatic heterocycles. The van der Waals surface area contributed by atoms with Gasteiger partial charge in [-0.25, -0.2) is 4.98 Å². The summed E-state index contributed by atoms with van der Waals surface area (Å²) in [5.41, 5.74) is 3.67. The number of fused-ring (bicyclic) bond motifs is 1. The summed E-state index contributed by atoms with van der Waals surface area (Å²) in [6.07, 6.45) is 5.10. The molecule has 7 heteroatoms. The molecule has 5 rings (SSSR count). The summed E-state index contributed by atoms with van der Waals surface area (Å²) in [6.45, 7) is 1.81. The number of anilines is 1. The number of para-hydroxylation sites is 1. The van der Waals surface area contributed by atoms with Crippen molar-refractivity contribution >= 4 is 29.3 Å². The van der Waals surface area contributed by atoms with Crippen LogP contribution in [0.3, 0.4) is 0 Å². The minimum atomic E-state index is -0.170. The second-order valence-corrected chi connectivity index (χ2v) is 9.67. The van der Waals surface area contributed by atoms with Crippen LogP contribution in [-0.4, -0.2) is 35.7 Å². The fourth-order valence-electron chi connectivity index (χ4n) is 3.96. The maximum Gasteiger partial charge on any atom is 0.252 e. The maximum absolute atomic E-state index is 12.9. The topological polar surface area (TPSA) is 71.5 Å². The van der Waals surface area contributed by atoms with E-state index in [4.69, 9.17) is 4.74 Å². The fraction of sp³-hybridized carbons (Fsp3) is 0.296. The van der Waals surface area contributed by atoms with Gasteiger partial charge in [0.25, 0.3) is 5.91 Å². The maximum atomic E-state index is 12.9. The van der Waals surface area contributed by atoms with E-state index in [0.717, 1.165) is 29.2 Å². The van der Waals surface area contributed by atoms with Gasteiger partial charge >= 0.3 is 0 Å². The van der Waals surface area contributed by atoms with Gasteiger partial charge in [0.2, 0.25) is 11.8 Å². The predicted molar refractivity (Wildman–Crippen MR) is 133 cm³/mol. The lowest BCUT2D eigenvalue weighted by atomic mass is 10.2. The summed E-state index contributed by atoms with van der Waals surface area (Å²) >= 11 is 1.40. The number of hydrogen-bond acceptors (Lipinski definition) is 5. The smallest absolute Gasteiger partial charge is 0.252 e. The first kappa shape index (κ1) is 22.5. The van der Waals surface area contributed by atoms with Crippen LogP contribution in [0.5, 0.6) is 5.88 Å². The minimum Gasteiger partial charge on any atom is -0.477 e. The molecular weight excluding hydrogens is 446 g/mol. The van der Waals surface area contributed by atoms with E-state index in [9.17, 15) is 9.59 Å². The van der Waals surface area contributed by atoms with Crippen LogP contribution in [-0.2, 0) is 17.8 Å². The molecule has 0 atom stereocenters. The molecular formula is C27H27N3O3S. The molecule has 0 unspecified atom stereocenters. The van der Waals surface area contributed by atoms with E-state index in [0.29, 0.717) is 30.5 Å². The van der Waals surface area contributed by atoms with E-state index in [1.807, 2.05) is 53.4 Å². The third-order valence-corrected chi connectivity index (χ3v) is 7.14. The summed E-state index contributed by atoms with van der Waals surface area (Å²) < 4.78 is 5.67. The Balaban J connectivity index is 1.16. The lowest BCUT2D eigenvalue weighted by Crippen LogP contribution is -2.30. The van der Waals surface area contributed by atoms with Crippen LogP contribution >= 0.6 is 11.8 Å². The van der Waals surface area contributed by atoms with Crippen molar-refractivity contribution in [1.29, 1.82) is 0 Å². The number of carbonyl (C=O) groups is 2. The number of benzene rings is 2. The van der Waals surface area contributed by atoms with Crippen molar-refractivity contribution in [3.63, 3.8) is 0 Å². The quantitative estimate of drug-likeness (QED) is 0.464. The zero-order valence-corrected chi connectivity index (χ0v) is 19.7. The second kappa shape index (κ2) is 10.3. The van der Waals surface area contributed by atoms with E-state index in [-0.39, 0.29) is 17.6 Å². The van der Waals surface area contributed by atoms with E-state index >= 15 is 0 Å². The molecule has 1 N–H and O–H groups in total. The van der Waals surface area contributed by atoms with Crippen molar-refractivity contribution in [1.82, 2.24) is 10.3 Å². The molecule has 0 saturated heterocycles. The normalized spacial score (nSPS) is 14.5. The van der Waals surface area contributed by atoms with Gasteiger partial charge in [-0.15, -0.1) is 11.8 Å².